The standard InChI is InChI=1S/C12H14ClN5O2/c1-3-18-16-12(15-17-18)14-11(19)7-20-10-5-4-9(13)6-8(10)2/h4-6H,3,7H2,1-2H3,(H,14,16,19). The summed E-state index contributed by atoms with van der Waals surface area (Å²) in [6.07, 6.45) is 0. The molecule has 1 N–H and O–H groups in total. The highest BCUT2D eigenvalue weighted by atomic mass is 35.5. The van der Waals surface area contributed by atoms with Crippen LogP contribution in [0.3, 0.4) is 0 Å². The van der Waals surface area contributed by atoms with Crippen LogP contribution < -0.4 is 10.1 Å². The van der Waals surface area contributed by atoms with Crippen LogP contribution in [-0.2, 0) is 11.3 Å². The minimum Gasteiger partial charge on any atom is -0.483 e. The highest BCUT2D eigenvalue weighted by molar-refractivity contribution is 6.30. The molecule has 0 radical (unpaired) electrons. The zero-order chi connectivity index (χ0) is 14.5. The first-order chi connectivity index (χ1) is 9.58. The van der Waals surface area contributed by atoms with Crippen molar-refractivity contribution in [1.29, 1.82) is 0 Å². The third-order valence-corrected chi connectivity index (χ3v) is 2.72. The Morgan fingerprint density at radius 3 is 2.95 bits per heavy atom. The largest absolute Gasteiger partial charge is 0.483 e. The molecule has 0 unspecified atom stereocenters. The van der Waals surface area contributed by atoms with E-state index < -0.39 is 0 Å². The lowest BCUT2D eigenvalue weighted by molar-refractivity contribution is -0.118. The van der Waals surface area contributed by atoms with Gasteiger partial charge in [-0.25, -0.2) is 0 Å². The zero-order valence-corrected chi connectivity index (χ0v) is 11.9. The van der Waals surface area contributed by atoms with Gasteiger partial charge in [-0.2, -0.15) is 4.80 Å². The van der Waals surface area contributed by atoms with Crippen LogP contribution in [0.2, 0.25) is 5.02 Å². The minimum atomic E-state index is -0.352. The van der Waals surface area contributed by atoms with E-state index in [2.05, 4.69) is 20.7 Å². The molecule has 20 heavy (non-hydrogen) atoms. The summed E-state index contributed by atoms with van der Waals surface area (Å²) in [6, 6.07) is 5.19. The van der Waals surface area contributed by atoms with E-state index >= 15 is 0 Å². The summed E-state index contributed by atoms with van der Waals surface area (Å²) >= 11 is 5.84. The number of nitrogens with one attached hydrogen (secondary N) is 1. The number of anilines is 1. The summed E-state index contributed by atoms with van der Waals surface area (Å²) in [4.78, 5) is 13.1. The Morgan fingerprint density at radius 2 is 2.30 bits per heavy atom. The Morgan fingerprint density at radius 1 is 1.50 bits per heavy atom. The first kappa shape index (κ1) is 14.3. The fourth-order valence-electron chi connectivity index (χ4n) is 1.51. The van der Waals surface area contributed by atoms with Crippen LogP contribution in [0.25, 0.3) is 0 Å². The van der Waals surface area contributed by atoms with Crippen molar-refractivity contribution < 1.29 is 9.53 Å². The molecule has 0 bridgehead atoms. The predicted molar refractivity (Wildman–Crippen MR) is 73.8 cm³/mol. The van der Waals surface area contributed by atoms with E-state index in [0.29, 0.717) is 17.3 Å². The van der Waals surface area contributed by atoms with Crippen molar-refractivity contribution in [3.63, 3.8) is 0 Å². The molecule has 0 atom stereocenters. The van der Waals surface area contributed by atoms with Crippen molar-refractivity contribution in [3.05, 3.63) is 28.8 Å². The Kier molecular flexibility index (Phi) is 4.52. The number of amides is 1. The Bertz CT molecular complexity index is 614. The predicted octanol–water partition coefficient (Wildman–Crippen LogP) is 1.67. The molecule has 0 saturated carbocycles. The molecule has 0 spiro atoms. The number of ether oxygens (including phenoxy) is 1. The minimum absolute atomic E-state index is 0.136. The topological polar surface area (TPSA) is 81.9 Å². The van der Waals surface area contributed by atoms with E-state index in [0.717, 1.165) is 5.56 Å². The van der Waals surface area contributed by atoms with Gasteiger partial charge in [0.05, 0.1) is 6.54 Å². The number of nitrogens with zero attached hydrogens (tertiary/aromatic N) is 4. The smallest absolute Gasteiger partial charge is 0.270 e. The molecule has 0 saturated heterocycles. The van der Waals surface area contributed by atoms with E-state index in [1.54, 1.807) is 18.2 Å². The molecule has 2 rings (SSSR count). The fraction of sp³-hybridized carbons (Fsp3) is 0.333. The quantitative estimate of drug-likeness (QED) is 0.907. The third kappa shape index (κ3) is 3.67. The second-order valence-corrected chi connectivity index (χ2v) is 4.48. The summed E-state index contributed by atoms with van der Waals surface area (Å²) in [6.45, 7) is 4.18. The van der Waals surface area contributed by atoms with Gasteiger partial charge in [0.1, 0.15) is 5.75 Å². The van der Waals surface area contributed by atoms with Crippen LogP contribution in [-0.4, -0.2) is 32.7 Å². The van der Waals surface area contributed by atoms with E-state index in [1.807, 2.05) is 13.8 Å². The van der Waals surface area contributed by atoms with Crippen LogP contribution in [0.15, 0.2) is 18.2 Å². The number of benzene rings is 1. The molecule has 0 aliphatic rings. The van der Waals surface area contributed by atoms with Crippen LogP contribution >= 0.6 is 11.6 Å². The maximum absolute atomic E-state index is 11.7. The summed E-state index contributed by atoms with van der Waals surface area (Å²) in [7, 11) is 0. The lowest BCUT2D eigenvalue weighted by atomic mass is 10.2. The van der Waals surface area contributed by atoms with Crippen molar-refractivity contribution in [3.8, 4) is 5.75 Å². The average Bonchev–Trinajstić information content (AvgIpc) is 2.85. The van der Waals surface area contributed by atoms with Gasteiger partial charge in [0.25, 0.3) is 11.9 Å². The highest BCUT2D eigenvalue weighted by Gasteiger charge is 2.09. The molecule has 7 nitrogen and oxygen atoms in total. The Balaban J connectivity index is 1.88. The molecule has 1 heterocycles. The number of tetrazole rings is 1. The maximum Gasteiger partial charge on any atom is 0.270 e. The van der Waals surface area contributed by atoms with Crippen molar-refractivity contribution >= 4 is 23.5 Å². The van der Waals surface area contributed by atoms with E-state index in [9.17, 15) is 4.79 Å². The van der Waals surface area contributed by atoms with Crippen molar-refractivity contribution in [2.45, 2.75) is 20.4 Å². The van der Waals surface area contributed by atoms with E-state index in [1.165, 1.54) is 4.80 Å². The maximum atomic E-state index is 11.7. The molecule has 8 heteroatoms. The lowest BCUT2D eigenvalue weighted by Crippen LogP contribution is -2.21. The van der Waals surface area contributed by atoms with Gasteiger partial charge >= 0.3 is 0 Å². The molecular weight excluding hydrogens is 282 g/mol. The van der Waals surface area contributed by atoms with Gasteiger partial charge in [0.15, 0.2) is 6.61 Å². The normalized spacial score (nSPS) is 10.3. The molecule has 106 valence electrons. The number of carbonyl (C=O) groups excluding carboxylic acids is 1. The number of hydrogen-bond donors (Lipinski definition) is 1. The number of rotatable bonds is 5. The Hall–Kier alpha value is -2.15. The first-order valence-corrected chi connectivity index (χ1v) is 6.43. The van der Waals surface area contributed by atoms with Crippen LogP contribution in [0, 0.1) is 6.92 Å². The first-order valence-electron chi connectivity index (χ1n) is 6.05. The van der Waals surface area contributed by atoms with Gasteiger partial charge in [-0.1, -0.05) is 16.7 Å². The van der Waals surface area contributed by atoms with Crippen LogP contribution in [0.4, 0.5) is 5.95 Å². The second-order valence-electron chi connectivity index (χ2n) is 4.05. The molecule has 2 aromatic rings. The van der Waals surface area contributed by atoms with Crippen LogP contribution in [0.1, 0.15) is 12.5 Å². The van der Waals surface area contributed by atoms with Gasteiger partial charge in [0.2, 0.25) is 0 Å². The molecule has 1 amide bonds. The van der Waals surface area contributed by atoms with Gasteiger partial charge in [0, 0.05) is 5.02 Å². The summed E-state index contributed by atoms with van der Waals surface area (Å²) in [5.74, 6) is 0.415. The van der Waals surface area contributed by atoms with Gasteiger partial charge in [-0.15, -0.1) is 5.10 Å². The van der Waals surface area contributed by atoms with Gasteiger partial charge < -0.3 is 4.74 Å². The third-order valence-electron chi connectivity index (χ3n) is 2.48. The van der Waals surface area contributed by atoms with Crippen molar-refractivity contribution in [2.75, 3.05) is 11.9 Å². The SMILES string of the molecule is CCn1nnc(NC(=O)COc2ccc(Cl)cc2C)n1. The lowest BCUT2D eigenvalue weighted by Gasteiger charge is -2.08. The van der Waals surface area contributed by atoms with Gasteiger partial charge in [-0.3, -0.25) is 10.1 Å². The van der Waals surface area contributed by atoms with Gasteiger partial charge in [-0.05, 0) is 42.8 Å². The molecule has 1 aromatic heterocycles. The number of aromatic nitrogens is 4. The average molecular weight is 296 g/mol. The second kappa shape index (κ2) is 6.33. The van der Waals surface area contributed by atoms with Crippen molar-refractivity contribution in [1.82, 2.24) is 20.2 Å². The summed E-state index contributed by atoms with van der Waals surface area (Å²) < 4.78 is 5.41. The number of halogens is 1. The summed E-state index contributed by atoms with van der Waals surface area (Å²) in [5.41, 5.74) is 0.861. The van der Waals surface area contributed by atoms with Crippen molar-refractivity contribution in [2.24, 2.45) is 0 Å². The molecule has 0 aliphatic heterocycles. The number of carbonyl (C=O) groups is 1. The summed E-state index contributed by atoms with van der Waals surface area (Å²) in [5, 5.41) is 14.5. The molecular formula is C12H14ClN5O2. The number of aryl methyl sites for hydroxylation is 2. The molecule has 0 aliphatic carbocycles. The van der Waals surface area contributed by atoms with E-state index in [-0.39, 0.29) is 18.5 Å². The van der Waals surface area contributed by atoms with Crippen LogP contribution in [0.5, 0.6) is 5.75 Å². The van der Waals surface area contributed by atoms with E-state index in [4.69, 9.17) is 16.3 Å². The molecule has 0 fully saturated rings. The zero-order valence-electron chi connectivity index (χ0n) is 11.1. The Labute approximate surface area is 120 Å². The highest BCUT2D eigenvalue weighted by Crippen LogP contribution is 2.21. The number of hydrogen-bond acceptors (Lipinski definition) is 5. The molecule has 1 aromatic carbocycles. The fourth-order valence-corrected chi connectivity index (χ4v) is 1.73. The monoisotopic (exact) mass is 295 g/mol.